The van der Waals surface area contributed by atoms with E-state index in [1.807, 2.05) is 0 Å². The van der Waals surface area contributed by atoms with Gasteiger partial charge >= 0.3 is 0 Å². The van der Waals surface area contributed by atoms with Crippen molar-refractivity contribution < 1.29 is 9.52 Å². The third kappa shape index (κ3) is 2.58. The van der Waals surface area contributed by atoms with Crippen LogP contribution in [-0.4, -0.2) is 34.6 Å². The van der Waals surface area contributed by atoms with E-state index in [1.54, 1.807) is 0 Å². The summed E-state index contributed by atoms with van der Waals surface area (Å²) in [6.07, 6.45) is 6.20. The number of likely N-dealkylation sites (tertiary alicyclic amines) is 1. The van der Waals surface area contributed by atoms with Gasteiger partial charge in [0.2, 0.25) is 0 Å². The lowest BCUT2D eigenvalue weighted by atomic mass is 10.0. The molecule has 0 spiro atoms. The molecule has 1 aliphatic heterocycles. The van der Waals surface area contributed by atoms with Gasteiger partial charge in [0, 0.05) is 12.5 Å². The molecule has 2 rings (SSSR count). The maximum absolute atomic E-state index is 8.88. The Morgan fingerprint density at radius 1 is 1.60 bits per heavy atom. The molecule has 15 heavy (non-hydrogen) atoms. The largest absolute Gasteiger partial charge is 0.449 e. The van der Waals surface area contributed by atoms with Gasteiger partial charge in [0.05, 0.1) is 6.61 Å². The van der Waals surface area contributed by atoms with Crippen molar-refractivity contribution in [2.75, 3.05) is 13.6 Å². The van der Waals surface area contributed by atoms with Gasteiger partial charge in [-0.25, -0.2) is 4.98 Å². The quantitative estimate of drug-likeness (QED) is 0.814. The molecule has 84 valence electrons. The summed E-state index contributed by atoms with van der Waals surface area (Å²) in [5.41, 5.74) is 0.628. The zero-order valence-corrected chi connectivity index (χ0v) is 9.15. The van der Waals surface area contributed by atoms with Crippen LogP contribution in [0.3, 0.4) is 0 Å². The lowest BCUT2D eigenvalue weighted by Crippen LogP contribution is -2.37. The van der Waals surface area contributed by atoms with Gasteiger partial charge in [0.1, 0.15) is 12.0 Å². The molecule has 0 bridgehead atoms. The van der Waals surface area contributed by atoms with Gasteiger partial charge in [0.25, 0.3) is 0 Å². The first-order chi connectivity index (χ1) is 7.29. The van der Waals surface area contributed by atoms with Crippen LogP contribution in [0.25, 0.3) is 0 Å². The second kappa shape index (κ2) is 4.77. The first-order valence-corrected chi connectivity index (χ1v) is 5.54. The van der Waals surface area contributed by atoms with Gasteiger partial charge in [-0.1, -0.05) is 6.42 Å². The molecular weight excluding hydrogens is 192 g/mol. The highest BCUT2D eigenvalue weighted by Gasteiger charge is 2.21. The molecule has 0 radical (unpaired) electrons. The first kappa shape index (κ1) is 10.6. The van der Waals surface area contributed by atoms with E-state index in [2.05, 4.69) is 16.9 Å². The number of nitrogens with zero attached hydrogens (tertiary/aromatic N) is 2. The van der Waals surface area contributed by atoms with Gasteiger partial charge in [-0.3, -0.25) is 0 Å². The van der Waals surface area contributed by atoms with E-state index >= 15 is 0 Å². The molecule has 1 N–H and O–H groups in total. The molecule has 0 saturated carbocycles. The summed E-state index contributed by atoms with van der Waals surface area (Å²) in [6.45, 7) is 1.13. The number of hydrogen-bond donors (Lipinski definition) is 1. The smallest absolute Gasteiger partial charge is 0.195 e. The summed E-state index contributed by atoms with van der Waals surface area (Å²) in [5.74, 6) is 0.748. The van der Waals surface area contributed by atoms with E-state index in [9.17, 15) is 0 Å². The SMILES string of the molecule is CN1CCCCC1Cc1nc(CO)co1. The highest BCUT2D eigenvalue weighted by atomic mass is 16.3. The third-order valence-corrected chi connectivity index (χ3v) is 3.09. The predicted molar refractivity (Wildman–Crippen MR) is 56.4 cm³/mol. The summed E-state index contributed by atoms with van der Waals surface area (Å²) in [6, 6.07) is 0.545. The Labute approximate surface area is 89.9 Å². The zero-order chi connectivity index (χ0) is 10.7. The summed E-state index contributed by atoms with van der Waals surface area (Å²) < 4.78 is 5.31. The highest BCUT2D eigenvalue weighted by molar-refractivity contribution is 4.96. The van der Waals surface area contributed by atoms with Gasteiger partial charge < -0.3 is 14.4 Å². The topological polar surface area (TPSA) is 49.5 Å². The normalized spacial score (nSPS) is 23.2. The lowest BCUT2D eigenvalue weighted by Gasteiger charge is -2.31. The Balaban J connectivity index is 1.95. The number of aliphatic hydroxyl groups is 1. The van der Waals surface area contributed by atoms with Crippen molar-refractivity contribution in [3.05, 3.63) is 17.8 Å². The number of oxazole rings is 1. The minimum absolute atomic E-state index is 0.0377. The van der Waals surface area contributed by atoms with E-state index in [-0.39, 0.29) is 6.61 Å². The number of likely N-dealkylation sites (N-methyl/N-ethyl adjacent to an activating group) is 1. The molecule has 1 fully saturated rings. The van der Waals surface area contributed by atoms with E-state index < -0.39 is 0 Å². The lowest BCUT2D eigenvalue weighted by molar-refractivity contribution is 0.176. The zero-order valence-electron chi connectivity index (χ0n) is 9.15. The molecule has 0 amide bonds. The minimum Gasteiger partial charge on any atom is -0.449 e. The van der Waals surface area contributed by atoms with Crippen LogP contribution < -0.4 is 0 Å². The summed E-state index contributed by atoms with van der Waals surface area (Å²) >= 11 is 0. The molecule has 1 aliphatic rings. The Kier molecular flexibility index (Phi) is 3.38. The maximum atomic E-state index is 8.88. The molecule has 1 unspecified atom stereocenters. The molecule has 1 saturated heterocycles. The van der Waals surface area contributed by atoms with Crippen LogP contribution in [0.15, 0.2) is 10.7 Å². The van der Waals surface area contributed by atoms with Gasteiger partial charge in [-0.05, 0) is 26.4 Å². The van der Waals surface area contributed by atoms with E-state index in [1.165, 1.54) is 25.5 Å². The number of rotatable bonds is 3. The second-order valence-corrected chi connectivity index (χ2v) is 4.23. The average Bonchev–Trinajstić information content (AvgIpc) is 2.69. The molecule has 4 heteroatoms. The summed E-state index contributed by atoms with van der Waals surface area (Å²) in [5, 5.41) is 8.88. The van der Waals surface area contributed by atoms with E-state index in [4.69, 9.17) is 9.52 Å². The third-order valence-electron chi connectivity index (χ3n) is 3.09. The molecule has 0 aliphatic carbocycles. The van der Waals surface area contributed by atoms with Crippen LogP contribution in [0.5, 0.6) is 0 Å². The van der Waals surface area contributed by atoms with E-state index in [0.717, 1.165) is 18.9 Å². The van der Waals surface area contributed by atoms with Crippen molar-refractivity contribution in [1.29, 1.82) is 0 Å². The first-order valence-electron chi connectivity index (χ1n) is 5.54. The van der Waals surface area contributed by atoms with Crippen LogP contribution in [-0.2, 0) is 13.0 Å². The van der Waals surface area contributed by atoms with Crippen LogP contribution >= 0.6 is 0 Å². The molecule has 1 aromatic rings. The second-order valence-electron chi connectivity index (χ2n) is 4.23. The molecule has 4 nitrogen and oxygen atoms in total. The number of aromatic nitrogens is 1. The molecule has 2 heterocycles. The molecular formula is C11H18N2O2. The number of piperidine rings is 1. The molecule has 1 atom stereocenters. The monoisotopic (exact) mass is 210 g/mol. The fourth-order valence-corrected chi connectivity index (χ4v) is 2.12. The fraction of sp³-hybridized carbons (Fsp3) is 0.727. The predicted octanol–water partition coefficient (Wildman–Crippen LogP) is 1.19. The van der Waals surface area contributed by atoms with Gasteiger partial charge in [-0.15, -0.1) is 0 Å². The van der Waals surface area contributed by atoms with Crippen molar-refractivity contribution in [2.24, 2.45) is 0 Å². The standard InChI is InChI=1S/C11H18N2O2/c1-13-5-3-2-4-10(13)6-11-12-9(7-14)8-15-11/h8,10,14H,2-7H2,1H3. The summed E-state index contributed by atoms with van der Waals surface area (Å²) in [7, 11) is 2.15. The maximum Gasteiger partial charge on any atom is 0.195 e. The average molecular weight is 210 g/mol. The van der Waals surface area contributed by atoms with Crippen molar-refractivity contribution >= 4 is 0 Å². The van der Waals surface area contributed by atoms with Crippen LogP contribution in [0, 0.1) is 0 Å². The number of hydrogen-bond acceptors (Lipinski definition) is 4. The van der Waals surface area contributed by atoms with Crippen molar-refractivity contribution in [3.8, 4) is 0 Å². The number of aliphatic hydroxyl groups excluding tert-OH is 1. The highest BCUT2D eigenvalue weighted by Crippen LogP contribution is 2.18. The van der Waals surface area contributed by atoms with Crippen molar-refractivity contribution in [3.63, 3.8) is 0 Å². The Morgan fingerprint density at radius 2 is 2.47 bits per heavy atom. The fourth-order valence-electron chi connectivity index (χ4n) is 2.12. The van der Waals surface area contributed by atoms with Crippen LogP contribution in [0.1, 0.15) is 30.8 Å². The van der Waals surface area contributed by atoms with Crippen molar-refractivity contribution in [1.82, 2.24) is 9.88 Å². The Morgan fingerprint density at radius 3 is 3.13 bits per heavy atom. The molecule has 1 aromatic heterocycles. The van der Waals surface area contributed by atoms with Gasteiger partial charge in [0.15, 0.2) is 5.89 Å². The molecule has 0 aromatic carbocycles. The van der Waals surface area contributed by atoms with Crippen LogP contribution in [0.4, 0.5) is 0 Å². The minimum atomic E-state index is -0.0377. The Bertz CT molecular complexity index is 311. The Hall–Kier alpha value is -0.870. The van der Waals surface area contributed by atoms with Crippen molar-refractivity contribution in [2.45, 2.75) is 38.3 Å². The van der Waals surface area contributed by atoms with E-state index in [0.29, 0.717) is 11.7 Å². The van der Waals surface area contributed by atoms with Gasteiger partial charge in [-0.2, -0.15) is 0 Å². The summed E-state index contributed by atoms with van der Waals surface area (Å²) in [4.78, 5) is 6.58. The van der Waals surface area contributed by atoms with Crippen LogP contribution in [0.2, 0.25) is 0 Å².